The highest BCUT2D eigenvalue weighted by Gasteiger charge is 2.34. The Hall–Kier alpha value is -1.93. The van der Waals surface area contributed by atoms with Gasteiger partial charge >= 0.3 is 5.97 Å². The van der Waals surface area contributed by atoms with E-state index in [0.29, 0.717) is 25.2 Å². The lowest BCUT2D eigenvalue weighted by atomic mass is 9.87. The average Bonchev–Trinajstić information content (AvgIpc) is 2.31. The second kappa shape index (κ2) is 5.37. The van der Waals surface area contributed by atoms with Gasteiger partial charge in [-0.2, -0.15) is 5.26 Å². The van der Waals surface area contributed by atoms with Crippen molar-refractivity contribution in [3.05, 3.63) is 35.1 Å². The number of nitrogens with zero attached hydrogens (tertiary/aromatic N) is 2. The summed E-state index contributed by atoms with van der Waals surface area (Å²) in [5.41, 5.74) is 1.06. The Morgan fingerprint density at radius 1 is 1.58 bits per heavy atom. The maximum atomic E-state index is 13.3. The summed E-state index contributed by atoms with van der Waals surface area (Å²) in [7, 11) is 0. The van der Waals surface area contributed by atoms with Crippen LogP contribution >= 0.6 is 0 Å². The Balaban J connectivity index is 1.93. The van der Waals surface area contributed by atoms with Crippen LogP contribution < -0.4 is 0 Å². The van der Waals surface area contributed by atoms with Crippen LogP contribution in [0.3, 0.4) is 0 Å². The van der Waals surface area contributed by atoms with Gasteiger partial charge in [-0.05, 0) is 29.7 Å². The number of hydrogen-bond donors (Lipinski definition) is 1. The molecule has 0 aliphatic carbocycles. The lowest BCUT2D eigenvalue weighted by molar-refractivity contribution is -0.145. The summed E-state index contributed by atoms with van der Waals surface area (Å²) in [6, 6.07) is 6.20. The van der Waals surface area contributed by atoms with Crippen molar-refractivity contribution in [2.24, 2.45) is 11.8 Å². The third-order valence-electron chi connectivity index (χ3n) is 3.57. The normalized spacial score (nSPS) is 17.5. The molecule has 1 saturated heterocycles. The number of carboxylic acids is 1. The Morgan fingerprint density at radius 2 is 2.26 bits per heavy atom. The van der Waals surface area contributed by atoms with Crippen molar-refractivity contribution in [2.75, 3.05) is 13.1 Å². The number of likely N-dealkylation sites (tertiary alicyclic amines) is 1. The van der Waals surface area contributed by atoms with Crippen LogP contribution in [0.2, 0.25) is 0 Å². The molecule has 1 aliphatic rings. The van der Waals surface area contributed by atoms with Crippen molar-refractivity contribution >= 4 is 5.97 Å². The van der Waals surface area contributed by atoms with E-state index in [4.69, 9.17) is 10.4 Å². The molecule has 1 heterocycles. The number of benzene rings is 1. The van der Waals surface area contributed by atoms with E-state index >= 15 is 0 Å². The molecule has 0 bridgehead atoms. The van der Waals surface area contributed by atoms with Crippen molar-refractivity contribution < 1.29 is 14.3 Å². The predicted octanol–water partition coefficient (Wildman–Crippen LogP) is 1.85. The van der Waals surface area contributed by atoms with Crippen molar-refractivity contribution in [1.29, 1.82) is 5.26 Å². The smallest absolute Gasteiger partial charge is 0.306 e. The zero-order valence-corrected chi connectivity index (χ0v) is 10.6. The van der Waals surface area contributed by atoms with Gasteiger partial charge < -0.3 is 5.11 Å². The molecule has 1 unspecified atom stereocenters. The fraction of sp³-hybridized carbons (Fsp3) is 0.429. The highest BCUT2D eigenvalue weighted by atomic mass is 19.1. The van der Waals surface area contributed by atoms with Gasteiger partial charge in [0.05, 0.1) is 17.6 Å². The monoisotopic (exact) mass is 262 g/mol. The molecule has 0 saturated carbocycles. The number of hydrogen-bond acceptors (Lipinski definition) is 3. The van der Waals surface area contributed by atoms with Crippen LogP contribution in [-0.2, 0) is 11.3 Å². The Labute approximate surface area is 111 Å². The number of aliphatic carboxylic acids is 1. The quantitative estimate of drug-likeness (QED) is 0.899. The second-order valence-electron chi connectivity index (χ2n) is 5.04. The number of carboxylic acid groups (broad SMARTS) is 1. The highest BCUT2D eigenvalue weighted by Crippen LogP contribution is 2.26. The summed E-state index contributed by atoms with van der Waals surface area (Å²) >= 11 is 0. The summed E-state index contributed by atoms with van der Waals surface area (Å²) in [4.78, 5) is 12.9. The van der Waals surface area contributed by atoms with Gasteiger partial charge in [0.25, 0.3) is 0 Å². The first-order chi connectivity index (χ1) is 8.99. The molecule has 19 heavy (non-hydrogen) atoms. The lowest BCUT2D eigenvalue weighted by Gasteiger charge is -2.41. The first-order valence-electron chi connectivity index (χ1n) is 6.14. The van der Waals surface area contributed by atoms with Crippen LogP contribution in [0.1, 0.15) is 18.1 Å². The van der Waals surface area contributed by atoms with Gasteiger partial charge in [0, 0.05) is 19.6 Å². The van der Waals surface area contributed by atoms with Crippen LogP contribution in [0.5, 0.6) is 0 Å². The van der Waals surface area contributed by atoms with Gasteiger partial charge in [0.1, 0.15) is 5.82 Å². The molecule has 0 amide bonds. The average molecular weight is 262 g/mol. The third-order valence-corrected chi connectivity index (χ3v) is 3.57. The van der Waals surface area contributed by atoms with Gasteiger partial charge in [-0.25, -0.2) is 4.39 Å². The maximum Gasteiger partial charge on any atom is 0.306 e. The minimum atomic E-state index is -0.776. The van der Waals surface area contributed by atoms with E-state index in [1.165, 1.54) is 12.1 Å². The van der Waals surface area contributed by atoms with Crippen molar-refractivity contribution in [1.82, 2.24) is 4.90 Å². The number of nitriles is 1. The summed E-state index contributed by atoms with van der Waals surface area (Å²) in [6.45, 7) is 3.66. The van der Waals surface area contributed by atoms with Gasteiger partial charge in [-0.3, -0.25) is 9.69 Å². The van der Waals surface area contributed by atoms with Crippen molar-refractivity contribution in [2.45, 2.75) is 13.5 Å². The fourth-order valence-electron chi connectivity index (χ4n) is 2.32. The largest absolute Gasteiger partial charge is 0.481 e. The molecule has 2 rings (SSSR count). The van der Waals surface area contributed by atoms with E-state index in [9.17, 15) is 9.18 Å². The maximum absolute atomic E-state index is 13.3. The zero-order chi connectivity index (χ0) is 14.0. The van der Waals surface area contributed by atoms with E-state index < -0.39 is 11.8 Å². The molecule has 1 aromatic rings. The second-order valence-corrected chi connectivity index (χ2v) is 5.04. The Kier molecular flexibility index (Phi) is 3.82. The highest BCUT2D eigenvalue weighted by molar-refractivity contribution is 5.70. The molecular formula is C14H15FN2O2. The minimum absolute atomic E-state index is 0.154. The first kappa shape index (κ1) is 13.5. The van der Waals surface area contributed by atoms with Gasteiger partial charge in [0.15, 0.2) is 0 Å². The van der Waals surface area contributed by atoms with Gasteiger partial charge in [-0.1, -0.05) is 6.92 Å². The van der Waals surface area contributed by atoms with E-state index in [1.54, 1.807) is 13.0 Å². The van der Waals surface area contributed by atoms with Crippen LogP contribution in [-0.4, -0.2) is 29.1 Å². The summed E-state index contributed by atoms with van der Waals surface area (Å²) < 4.78 is 13.3. The number of halogens is 1. The number of rotatable bonds is 4. The van der Waals surface area contributed by atoms with Crippen molar-refractivity contribution in [3.8, 4) is 6.07 Å². The van der Waals surface area contributed by atoms with Crippen LogP contribution in [0.15, 0.2) is 18.2 Å². The van der Waals surface area contributed by atoms with E-state index in [2.05, 4.69) is 4.90 Å². The molecule has 0 spiro atoms. The molecule has 1 aromatic carbocycles. The summed E-state index contributed by atoms with van der Waals surface area (Å²) in [5, 5.41) is 17.7. The topological polar surface area (TPSA) is 64.3 Å². The van der Waals surface area contributed by atoms with Crippen LogP contribution in [0, 0.1) is 29.0 Å². The molecule has 1 N–H and O–H groups in total. The SMILES string of the molecule is CC(C(=O)O)C1CN(Cc2cc(F)cc(C#N)c2)C1. The molecular weight excluding hydrogens is 247 g/mol. The Morgan fingerprint density at radius 3 is 2.84 bits per heavy atom. The minimum Gasteiger partial charge on any atom is -0.481 e. The van der Waals surface area contributed by atoms with E-state index in [0.717, 1.165) is 5.56 Å². The molecule has 1 aliphatic heterocycles. The third kappa shape index (κ3) is 3.09. The molecule has 4 nitrogen and oxygen atoms in total. The molecule has 0 aromatic heterocycles. The number of carbonyl (C=O) groups is 1. The molecule has 1 atom stereocenters. The first-order valence-corrected chi connectivity index (χ1v) is 6.14. The summed E-state index contributed by atoms with van der Waals surface area (Å²) in [6.07, 6.45) is 0. The van der Waals surface area contributed by atoms with E-state index in [-0.39, 0.29) is 11.8 Å². The van der Waals surface area contributed by atoms with Crippen LogP contribution in [0.25, 0.3) is 0 Å². The van der Waals surface area contributed by atoms with Crippen molar-refractivity contribution in [3.63, 3.8) is 0 Å². The Bertz CT molecular complexity index is 533. The van der Waals surface area contributed by atoms with E-state index in [1.807, 2.05) is 6.07 Å². The standard InChI is InChI=1S/C14H15FN2O2/c1-9(14(18)19)12-7-17(8-12)6-11-2-10(5-16)3-13(15)4-11/h2-4,9,12H,6-8H2,1H3,(H,18,19). The summed E-state index contributed by atoms with van der Waals surface area (Å²) in [5.74, 6) is -1.38. The predicted molar refractivity (Wildman–Crippen MR) is 66.7 cm³/mol. The van der Waals surface area contributed by atoms with Gasteiger partial charge in [-0.15, -0.1) is 0 Å². The zero-order valence-electron chi connectivity index (χ0n) is 10.6. The van der Waals surface area contributed by atoms with Crippen LogP contribution in [0.4, 0.5) is 4.39 Å². The fourth-order valence-corrected chi connectivity index (χ4v) is 2.32. The molecule has 0 radical (unpaired) electrons. The molecule has 5 heteroatoms. The molecule has 1 fully saturated rings. The van der Waals surface area contributed by atoms with Gasteiger partial charge in [0.2, 0.25) is 0 Å². The lowest BCUT2D eigenvalue weighted by Crippen LogP contribution is -2.50. The molecule has 100 valence electrons.